The lowest BCUT2D eigenvalue weighted by molar-refractivity contribution is -0.0193. The maximum atomic E-state index is 12.5. The van der Waals surface area contributed by atoms with E-state index in [1.807, 2.05) is 5.56 Å². The van der Waals surface area contributed by atoms with Gasteiger partial charge in [0.2, 0.25) is 0 Å². The van der Waals surface area contributed by atoms with Crippen molar-refractivity contribution in [1.82, 2.24) is 0 Å². The van der Waals surface area contributed by atoms with Crippen LogP contribution in [0.15, 0.2) is 0 Å². The summed E-state index contributed by atoms with van der Waals surface area (Å²) in [5, 5.41) is 12.5. The van der Waals surface area contributed by atoms with Gasteiger partial charge >= 0.3 is 0 Å². The molecule has 0 unspecified atom stereocenters. The van der Waals surface area contributed by atoms with Crippen LogP contribution in [-0.2, 0) is 16.2 Å². The van der Waals surface area contributed by atoms with Crippen LogP contribution in [0.4, 0.5) is 0 Å². The third-order valence-corrected chi connectivity index (χ3v) is 15.7. The maximum Gasteiger partial charge on any atom is 0.122 e. The van der Waals surface area contributed by atoms with Crippen molar-refractivity contribution in [3.05, 3.63) is 27.8 Å². The highest BCUT2D eigenvalue weighted by Gasteiger charge is 2.60. The lowest BCUT2D eigenvalue weighted by Crippen LogP contribution is -2.53. The van der Waals surface area contributed by atoms with E-state index in [9.17, 15) is 5.11 Å². The number of phenols is 1. The predicted octanol–water partition coefficient (Wildman–Crippen LogP) is 9.41. The number of aromatic hydroxyl groups is 1. The average molecular weight is 525 g/mol. The number of hydrogen-bond donors (Lipinski definition) is 1. The third-order valence-electron chi connectivity index (χ3n) is 15.7. The topological polar surface area (TPSA) is 20.2 Å². The minimum absolute atomic E-state index is 0.282. The smallest absolute Gasteiger partial charge is 0.122 e. The molecular formula is C38H52O. The van der Waals surface area contributed by atoms with Crippen molar-refractivity contribution >= 4 is 0 Å². The first-order chi connectivity index (χ1) is 18.8. The molecule has 1 aromatic carbocycles. The van der Waals surface area contributed by atoms with Crippen molar-refractivity contribution in [2.75, 3.05) is 0 Å². The van der Waals surface area contributed by atoms with Crippen molar-refractivity contribution in [2.45, 2.75) is 146 Å². The number of hydrogen-bond acceptors (Lipinski definition) is 1. The fourth-order valence-corrected chi connectivity index (χ4v) is 16.2. The minimum Gasteiger partial charge on any atom is -0.507 e. The van der Waals surface area contributed by atoms with Gasteiger partial charge in [0.1, 0.15) is 5.75 Å². The first-order valence-corrected chi connectivity index (χ1v) is 17.7. The lowest BCUT2D eigenvalue weighted by atomic mass is 9.42. The van der Waals surface area contributed by atoms with Gasteiger partial charge < -0.3 is 5.11 Å². The largest absolute Gasteiger partial charge is 0.507 e. The van der Waals surface area contributed by atoms with Crippen LogP contribution < -0.4 is 0 Å². The van der Waals surface area contributed by atoms with Crippen molar-refractivity contribution in [2.24, 2.45) is 53.3 Å². The van der Waals surface area contributed by atoms with Crippen molar-refractivity contribution < 1.29 is 5.11 Å². The van der Waals surface area contributed by atoms with Crippen molar-refractivity contribution in [3.8, 4) is 5.75 Å². The molecule has 12 fully saturated rings. The Morgan fingerprint density at radius 1 is 0.385 bits per heavy atom. The Bertz CT molecular complexity index is 1140. The predicted molar refractivity (Wildman–Crippen MR) is 157 cm³/mol. The van der Waals surface area contributed by atoms with Gasteiger partial charge in [-0.2, -0.15) is 0 Å². The summed E-state index contributed by atoms with van der Waals surface area (Å²) in [7, 11) is 0. The van der Waals surface area contributed by atoms with E-state index in [0.717, 1.165) is 59.0 Å². The van der Waals surface area contributed by atoms with Crippen LogP contribution in [-0.4, -0.2) is 5.11 Å². The lowest BCUT2D eigenvalue weighted by Gasteiger charge is -2.62. The number of rotatable bonds is 3. The Kier molecular flexibility index (Phi) is 4.53. The average Bonchev–Trinajstić information content (AvgIpc) is 2.83. The molecule has 0 amide bonds. The normalized spacial score (nSPS) is 53.7. The molecule has 1 aromatic rings. The highest BCUT2D eigenvalue weighted by atomic mass is 16.3. The van der Waals surface area contributed by atoms with Crippen LogP contribution >= 0.6 is 0 Å². The second-order valence-corrected chi connectivity index (χ2v) is 18.3. The molecule has 12 aliphatic rings. The Balaban J connectivity index is 1.22. The molecule has 210 valence electrons. The van der Waals surface area contributed by atoms with Crippen LogP contribution in [0.25, 0.3) is 0 Å². The molecule has 0 aromatic heterocycles. The summed E-state index contributed by atoms with van der Waals surface area (Å²) in [5.74, 6) is 9.43. The van der Waals surface area contributed by atoms with Crippen LogP contribution in [0.5, 0.6) is 5.75 Å². The van der Waals surface area contributed by atoms with Gasteiger partial charge in [-0.25, -0.2) is 0 Å². The van der Waals surface area contributed by atoms with Crippen molar-refractivity contribution in [3.63, 3.8) is 0 Å². The van der Waals surface area contributed by atoms with E-state index in [4.69, 9.17) is 0 Å². The van der Waals surface area contributed by atoms with Crippen LogP contribution in [0.3, 0.4) is 0 Å². The number of benzene rings is 1. The molecule has 0 atom stereocenters. The fourth-order valence-electron chi connectivity index (χ4n) is 16.2. The first kappa shape index (κ1) is 23.6. The second-order valence-electron chi connectivity index (χ2n) is 18.3. The summed E-state index contributed by atoms with van der Waals surface area (Å²) < 4.78 is 0. The van der Waals surface area contributed by atoms with Crippen molar-refractivity contribution in [1.29, 1.82) is 0 Å². The van der Waals surface area contributed by atoms with Gasteiger partial charge in [-0.05, 0) is 216 Å². The highest BCUT2D eigenvalue weighted by Crippen LogP contribution is 2.69. The van der Waals surface area contributed by atoms with Crippen LogP contribution in [0.2, 0.25) is 0 Å². The van der Waals surface area contributed by atoms with E-state index in [0.29, 0.717) is 10.8 Å². The SMILES string of the molecule is Cc1c(O)c(C23CC4CC(CC(C4)C2)C3)c(C)c(C23CC4CC(CC(C4)C2)C3)c1C12CC3CC(CC(C3)C1)C2. The Hall–Kier alpha value is -0.980. The van der Waals surface area contributed by atoms with Crippen LogP contribution in [0.1, 0.15) is 143 Å². The molecule has 12 aliphatic carbocycles. The zero-order valence-electron chi connectivity index (χ0n) is 24.9. The summed E-state index contributed by atoms with van der Waals surface area (Å²) >= 11 is 0. The summed E-state index contributed by atoms with van der Waals surface area (Å²) in [6.07, 6.45) is 26.5. The van der Waals surface area contributed by atoms with Gasteiger partial charge in [0.05, 0.1) is 0 Å². The standard InChI is InChI=1S/C38H52O/c1-21-32(36-12-23-3-24(13-36)5-25(4-23)14-36)33(37-15-26-6-27(16-37)8-28(7-26)17-37)22(2)35(39)34(21)38-18-29-9-30(19-38)11-31(10-29)20-38/h23-31,39H,3-20H2,1-2H3. The van der Waals surface area contributed by atoms with E-state index in [2.05, 4.69) is 13.8 Å². The van der Waals surface area contributed by atoms with Gasteiger partial charge in [-0.1, -0.05) is 0 Å². The zero-order valence-corrected chi connectivity index (χ0v) is 24.9. The van der Waals surface area contributed by atoms with E-state index >= 15 is 0 Å². The third kappa shape index (κ3) is 3.05. The van der Waals surface area contributed by atoms with E-state index in [-0.39, 0.29) is 5.41 Å². The fraction of sp³-hybridized carbons (Fsp3) is 0.842. The summed E-state index contributed by atoms with van der Waals surface area (Å²) in [6, 6.07) is 0. The Labute approximate surface area is 237 Å². The summed E-state index contributed by atoms with van der Waals surface area (Å²) in [5.41, 5.74) is 9.29. The second kappa shape index (κ2) is 7.50. The van der Waals surface area contributed by atoms with Crippen LogP contribution in [0, 0.1) is 67.1 Å². The van der Waals surface area contributed by atoms with Gasteiger partial charge in [-0.15, -0.1) is 0 Å². The summed E-state index contributed by atoms with van der Waals surface area (Å²) in [4.78, 5) is 0. The minimum atomic E-state index is 0.282. The molecule has 1 nitrogen and oxygen atoms in total. The maximum absolute atomic E-state index is 12.5. The molecular weight excluding hydrogens is 472 g/mol. The Morgan fingerprint density at radius 3 is 0.897 bits per heavy atom. The highest BCUT2D eigenvalue weighted by molar-refractivity contribution is 5.63. The zero-order chi connectivity index (χ0) is 25.9. The van der Waals surface area contributed by atoms with E-state index < -0.39 is 0 Å². The summed E-state index contributed by atoms with van der Waals surface area (Å²) in [6.45, 7) is 5.00. The van der Waals surface area contributed by atoms with Gasteiger partial charge in [0, 0.05) is 11.0 Å². The quantitative estimate of drug-likeness (QED) is 0.417. The van der Waals surface area contributed by atoms with Gasteiger partial charge in [0.15, 0.2) is 0 Å². The molecule has 0 aliphatic heterocycles. The Morgan fingerprint density at radius 2 is 0.615 bits per heavy atom. The first-order valence-electron chi connectivity index (χ1n) is 17.7. The molecule has 12 bridgehead atoms. The van der Waals surface area contributed by atoms with E-state index in [1.54, 1.807) is 11.1 Å². The molecule has 1 N–H and O–H groups in total. The molecule has 1 heteroatoms. The molecule has 0 saturated heterocycles. The van der Waals surface area contributed by atoms with Gasteiger partial charge in [-0.3, -0.25) is 0 Å². The molecule has 0 radical (unpaired) electrons. The molecule has 39 heavy (non-hydrogen) atoms. The molecule has 0 spiro atoms. The van der Waals surface area contributed by atoms with E-state index in [1.165, 1.54) is 127 Å². The van der Waals surface area contributed by atoms with Gasteiger partial charge in [0.25, 0.3) is 0 Å². The number of phenolic OH excluding ortho intramolecular Hbond substituents is 1. The molecule has 13 rings (SSSR count). The molecule has 0 heterocycles. The monoisotopic (exact) mass is 524 g/mol. The molecule has 12 saturated carbocycles.